The standard InChI is InChI=1S/C22H32N4/c1-21(2,3)18-9-7-17(8-10-18)20-23-19(24-25(20)4)15-26-14-13-22(16-26)11-5-6-12-22/h7-10H,5-6,11-16H2,1-4H3. The minimum atomic E-state index is 0.176. The third-order valence-electron chi connectivity index (χ3n) is 6.36. The first-order valence-corrected chi connectivity index (χ1v) is 10.1. The summed E-state index contributed by atoms with van der Waals surface area (Å²) in [7, 11) is 2.01. The van der Waals surface area contributed by atoms with Crippen LogP contribution in [-0.2, 0) is 19.0 Å². The van der Waals surface area contributed by atoms with E-state index in [4.69, 9.17) is 10.1 Å². The average molecular weight is 353 g/mol. The van der Waals surface area contributed by atoms with E-state index in [9.17, 15) is 0 Å². The smallest absolute Gasteiger partial charge is 0.165 e. The summed E-state index contributed by atoms with van der Waals surface area (Å²) in [4.78, 5) is 7.42. The molecular weight excluding hydrogens is 320 g/mol. The van der Waals surface area contributed by atoms with Crippen molar-refractivity contribution in [1.29, 1.82) is 0 Å². The van der Waals surface area contributed by atoms with Gasteiger partial charge in [0.1, 0.15) is 0 Å². The van der Waals surface area contributed by atoms with E-state index in [0.717, 1.165) is 23.8 Å². The highest BCUT2D eigenvalue weighted by atomic mass is 15.3. The zero-order valence-electron chi connectivity index (χ0n) is 16.8. The van der Waals surface area contributed by atoms with Gasteiger partial charge in [0.05, 0.1) is 6.54 Å². The molecule has 1 aliphatic heterocycles. The fourth-order valence-electron chi connectivity index (χ4n) is 4.77. The van der Waals surface area contributed by atoms with Gasteiger partial charge in [0, 0.05) is 19.2 Å². The molecule has 2 fully saturated rings. The first-order chi connectivity index (χ1) is 12.3. The highest BCUT2D eigenvalue weighted by Gasteiger charge is 2.40. The fourth-order valence-corrected chi connectivity index (χ4v) is 4.77. The number of aryl methyl sites for hydroxylation is 1. The van der Waals surface area contributed by atoms with Crippen LogP contribution < -0.4 is 0 Å². The fraction of sp³-hybridized carbons (Fsp3) is 0.636. The monoisotopic (exact) mass is 352 g/mol. The Morgan fingerprint density at radius 3 is 2.38 bits per heavy atom. The van der Waals surface area contributed by atoms with Crippen molar-refractivity contribution in [2.45, 2.75) is 64.8 Å². The zero-order valence-corrected chi connectivity index (χ0v) is 16.8. The number of rotatable bonds is 3. The van der Waals surface area contributed by atoms with Gasteiger partial charge in [-0.05, 0) is 42.2 Å². The van der Waals surface area contributed by atoms with Gasteiger partial charge in [-0.3, -0.25) is 4.90 Å². The molecule has 1 saturated carbocycles. The van der Waals surface area contributed by atoms with E-state index in [0.29, 0.717) is 5.41 Å². The van der Waals surface area contributed by atoms with Gasteiger partial charge < -0.3 is 0 Å². The van der Waals surface area contributed by atoms with E-state index in [1.54, 1.807) is 0 Å². The molecule has 1 saturated heterocycles. The Morgan fingerprint density at radius 1 is 1.04 bits per heavy atom. The highest BCUT2D eigenvalue weighted by Crippen LogP contribution is 2.45. The third kappa shape index (κ3) is 3.44. The first-order valence-electron chi connectivity index (χ1n) is 10.1. The molecule has 1 aromatic carbocycles. The topological polar surface area (TPSA) is 34.0 Å². The molecule has 0 N–H and O–H groups in total. The SMILES string of the molecule is Cn1nc(CN2CCC3(CCCC3)C2)nc1-c1ccc(C(C)(C)C)cc1. The molecule has 1 spiro atoms. The Bertz CT molecular complexity index is 760. The van der Waals surface area contributed by atoms with Crippen molar-refractivity contribution in [3.63, 3.8) is 0 Å². The van der Waals surface area contributed by atoms with E-state index < -0.39 is 0 Å². The van der Waals surface area contributed by atoms with Crippen molar-refractivity contribution in [1.82, 2.24) is 19.7 Å². The molecule has 140 valence electrons. The van der Waals surface area contributed by atoms with Gasteiger partial charge in [-0.25, -0.2) is 9.67 Å². The summed E-state index contributed by atoms with van der Waals surface area (Å²) >= 11 is 0. The van der Waals surface area contributed by atoms with Crippen LogP contribution in [-0.4, -0.2) is 32.8 Å². The number of hydrogen-bond donors (Lipinski definition) is 0. The molecule has 2 aromatic rings. The van der Waals surface area contributed by atoms with Crippen LogP contribution in [0.2, 0.25) is 0 Å². The lowest BCUT2D eigenvalue weighted by Crippen LogP contribution is -2.25. The van der Waals surface area contributed by atoms with Crippen LogP contribution >= 0.6 is 0 Å². The number of hydrogen-bond acceptors (Lipinski definition) is 3. The van der Waals surface area contributed by atoms with E-state index in [1.807, 2.05) is 11.7 Å². The Hall–Kier alpha value is -1.68. The summed E-state index contributed by atoms with van der Waals surface area (Å²) in [5.41, 5.74) is 3.28. The summed E-state index contributed by atoms with van der Waals surface area (Å²) in [6.45, 7) is 10.1. The van der Waals surface area contributed by atoms with Gasteiger partial charge in [-0.2, -0.15) is 5.10 Å². The molecule has 0 unspecified atom stereocenters. The van der Waals surface area contributed by atoms with Gasteiger partial charge in [-0.1, -0.05) is 57.9 Å². The number of likely N-dealkylation sites (tertiary alicyclic amines) is 1. The van der Waals surface area contributed by atoms with Gasteiger partial charge in [0.15, 0.2) is 11.6 Å². The molecule has 4 heteroatoms. The van der Waals surface area contributed by atoms with Crippen LogP contribution in [0, 0.1) is 5.41 Å². The molecule has 0 bridgehead atoms. The Morgan fingerprint density at radius 2 is 1.73 bits per heavy atom. The molecule has 2 aliphatic rings. The van der Waals surface area contributed by atoms with Crippen LogP contribution in [0.4, 0.5) is 0 Å². The van der Waals surface area contributed by atoms with Gasteiger partial charge in [-0.15, -0.1) is 0 Å². The number of nitrogens with zero attached hydrogens (tertiary/aromatic N) is 4. The summed E-state index contributed by atoms with van der Waals surface area (Å²) < 4.78 is 1.93. The maximum atomic E-state index is 4.86. The van der Waals surface area contributed by atoms with E-state index in [1.165, 1.54) is 50.8 Å². The third-order valence-corrected chi connectivity index (χ3v) is 6.36. The minimum absolute atomic E-state index is 0.176. The second-order valence-corrected chi connectivity index (χ2v) is 9.47. The van der Waals surface area contributed by atoms with E-state index in [2.05, 4.69) is 49.9 Å². The van der Waals surface area contributed by atoms with Crippen molar-refractivity contribution < 1.29 is 0 Å². The van der Waals surface area contributed by atoms with Crippen molar-refractivity contribution in [2.75, 3.05) is 13.1 Å². The molecule has 0 radical (unpaired) electrons. The van der Waals surface area contributed by atoms with Gasteiger partial charge in [0.2, 0.25) is 0 Å². The molecule has 0 atom stereocenters. The number of benzene rings is 1. The number of aromatic nitrogens is 3. The summed E-state index contributed by atoms with van der Waals surface area (Å²) in [5, 5.41) is 4.70. The largest absolute Gasteiger partial charge is 0.295 e. The quantitative estimate of drug-likeness (QED) is 0.813. The summed E-state index contributed by atoms with van der Waals surface area (Å²) in [6.07, 6.45) is 7.05. The maximum absolute atomic E-state index is 4.86. The molecule has 4 nitrogen and oxygen atoms in total. The van der Waals surface area contributed by atoms with Crippen molar-refractivity contribution >= 4 is 0 Å². The molecule has 0 amide bonds. The Balaban J connectivity index is 1.47. The zero-order chi connectivity index (χ0) is 18.4. The second kappa shape index (κ2) is 6.49. The van der Waals surface area contributed by atoms with E-state index >= 15 is 0 Å². The Labute approximate surface area is 157 Å². The lowest BCUT2D eigenvalue weighted by molar-refractivity contribution is 0.252. The second-order valence-electron chi connectivity index (χ2n) is 9.47. The van der Waals surface area contributed by atoms with Gasteiger partial charge >= 0.3 is 0 Å². The predicted octanol–water partition coefficient (Wildman–Crippen LogP) is 4.55. The lowest BCUT2D eigenvalue weighted by Gasteiger charge is -2.22. The predicted molar refractivity (Wildman–Crippen MR) is 106 cm³/mol. The molecule has 26 heavy (non-hydrogen) atoms. The van der Waals surface area contributed by atoms with Crippen LogP contribution in [0.1, 0.15) is 64.3 Å². The molecular formula is C22H32N4. The van der Waals surface area contributed by atoms with Crippen molar-refractivity contribution in [2.24, 2.45) is 12.5 Å². The molecule has 1 aliphatic carbocycles. The lowest BCUT2D eigenvalue weighted by atomic mass is 9.86. The van der Waals surface area contributed by atoms with Crippen LogP contribution in [0.25, 0.3) is 11.4 Å². The average Bonchev–Trinajstić information content (AvgIpc) is 3.30. The summed E-state index contributed by atoms with van der Waals surface area (Å²) in [5.74, 6) is 1.92. The normalized spacial score (nSPS) is 20.3. The van der Waals surface area contributed by atoms with Crippen molar-refractivity contribution in [3.05, 3.63) is 35.7 Å². The van der Waals surface area contributed by atoms with Crippen LogP contribution in [0.5, 0.6) is 0 Å². The van der Waals surface area contributed by atoms with E-state index in [-0.39, 0.29) is 5.41 Å². The van der Waals surface area contributed by atoms with Gasteiger partial charge in [0.25, 0.3) is 0 Å². The maximum Gasteiger partial charge on any atom is 0.165 e. The molecule has 4 rings (SSSR count). The molecule has 2 heterocycles. The minimum Gasteiger partial charge on any atom is -0.295 e. The van der Waals surface area contributed by atoms with Crippen LogP contribution in [0.3, 0.4) is 0 Å². The highest BCUT2D eigenvalue weighted by molar-refractivity contribution is 5.56. The molecule has 1 aromatic heterocycles. The summed E-state index contributed by atoms with van der Waals surface area (Å²) in [6, 6.07) is 8.79. The Kier molecular flexibility index (Phi) is 4.42. The van der Waals surface area contributed by atoms with Crippen LogP contribution in [0.15, 0.2) is 24.3 Å². The first kappa shape index (κ1) is 17.7. The van der Waals surface area contributed by atoms with Crippen molar-refractivity contribution in [3.8, 4) is 11.4 Å².